The second-order valence-electron chi connectivity index (χ2n) is 5.73. The standard InChI is InChI=1S/C18H18BrNO2/c1-18(14-7-3-2-4-8-14)12-20-17(16(11-21)22-18)13-6-5-9-15(19)10-13/h2-11,16-17,20H,12H2,1H3. The Balaban J connectivity index is 1.87. The Hall–Kier alpha value is -1.49. The summed E-state index contributed by atoms with van der Waals surface area (Å²) in [5.41, 5.74) is 1.61. The van der Waals surface area contributed by atoms with Crippen LogP contribution in [0.1, 0.15) is 24.1 Å². The highest BCUT2D eigenvalue weighted by Gasteiger charge is 2.40. The van der Waals surface area contributed by atoms with Crippen molar-refractivity contribution in [2.75, 3.05) is 6.54 Å². The molecule has 2 aromatic rings. The van der Waals surface area contributed by atoms with Gasteiger partial charge < -0.3 is 14.8 Å². The molecule has 3 unspecified atom stereocenters. The summed E-state index contributed by atoms with van der Waals surface area (Å²) in [6.45, 7) is 2.67. The second kappa shape index (κ2) is 6.32. The maximum Gasteiger partial charge on any atom is 0.150 e. The summed E-state index contributed by atoms with van der Waals surface area (Å²) in [7, 11) is 0. The molecule has 1 aliphatic heterocycles. The number of carbonyl (C=O) groups is 1. The largest absolute Gasteiger partial charge is 0.357 e. The van der Waals surface area contributed by atoms with Gasteiger partial charge in [0.1, 0.15) is 11.7 Å². The van der Waals surface area contributed by atoms with Crippen molar-refractivity contribution in [2.45, 2.75) is 24.7 Å². The van der Waals surface area contributed by atoms with E-state index < -0.39 is 11.7 Å². The minimum absolute atomic E-state index is 0.133. The summed E-state index contributed by atoms with van der Waals surface area (Å²) in [6.07, 6.45) is 0.368. The SMILES string of the molecule is CC1(c2ccccc2)CNC(c2cccc(Br)c2)C(C=O)O1. The third-order valence-corrected chi connectivity index (χ3v) is 4.60. The first-order valence-electron chi connectivity index (χ1n) is 7.30. The monoisotopic (exact) mass is 359 g/mol. The van der Waals surface area contributed by atoms with Crippen LogP contribution in [0.2, 0.25) is 0 Å². The van der Waals surface area contributed by atoms with Crippen molar-refractivity contribution in [3.8, 4) is 0 Å². The number of hydrogen-bond acceptors (Lipinski definition) is 3. The fraction of sp³-hybridized carbons (Fsp3) is 0.278. The van der Waals surface area contributed by atoms with E-state index in [1.54, 1.807) is 0 Å². The zero-order valence-electron chi connectivity index (χ0n) is 12.3. The summed E-state index contributed by atoms with van der Waals surface area (Å²) in [4.78, 5) is 11.6. The highest BCUT2D eigenvalue weighted by Crippen LogP contribution is 2.35. The lowest BCUT2D eigenvalue weighted by Crippen LogP contribution is -2.52. The Bertz CT molecular complexity index is 661. The molecule has 0 aromatic heterocycles. The van der Waals surface area contributed by atoms with Crippen LogP contribution in [0.4, 0.5) is 0 Å². The fourth-order valence-corrected chi connectivity index (χ4v) is 3.32. The van der Waals surface area contributed by atoms with Crippen molar-refractivity contribution in [3.05, 3.63) is 70.2 Å². The van der Waals surface area contributed by atoms with Crippen molar-refractivity contribution in [3.63, 3.8) is 0 Å². The first-order valence-corrected chi connectivity index (χ1v) is 8.09. The van der Waals surface area contributed by atoms with Crippen molar-refractivity contribution in [1.82, 2.24) is 5.32 Å². The molecule has 3 rings (SSSR count). The zero-order chi connectivity index (χ0) is 15.6. The van der Waals surface area contributed by atoms with Gasteiger partial charge in [-0.15, -0.1) is 0 Å². The molecule has 4 heteroatoms. The normalized spacial score (nSPS) is 28.3. The van der Waals surface area contributed by atoms with Crippen LogP contribution >= 0.6 is 15.9 Å². The lowest BCUT2D eigenvalue weighted by atomic mass is 9.90. The molecule has 3 atom stereocenters. The van der Waals surface area contributed by atoms with E-state index in [-0.39, 0.29) is 6.04 Å². The molecule has 1 N–H and O–H groups in total. The average molecular weight is 360 g/mol. The average Bonchev–Trinajstić information content (AvgIpc) is 2.55. The number of halogens is 1. The Morgan fingerprint density at radius 1 is 1.23 bits per heavy atom. The first kappa shape index (κ1) is 15.4. The molecule has 0 radical (unpaired) electrons. The number of aldehydes is 1. The van der Waals surface area contributed by atoms with Gasteiger partial charge in [-0.3, -0.25) is 0 Å². The van der Waals surface area contributed by atoms with Crippen LogP contribution in [0.5, 0.6) is 0 Å². The van der Waals surface area contributed by atoms with Crippen LogP contribution in [-0.2, 0) is 15.1 Å². The van der Waals surface area contributed by atoms with Crippen molar-refractivity contribution < 1.29 is 9.53 Å². The van der Waals surface area contributed by atoms with E-state index in [2.05, 4.69) is 21.2 Å². The fourth-order valence-electron chi connectivity index (χ4n) is 2.91. The highest BCUT2D eigenvalue weighted by molar-refractivity contribution is 9.10. The Morgan fingerprint density at radius 2 is 2.00 bits per heavy atom. The van der Waals surface area contributed by atoms with Crippen LogP contribution in [0.25, 0.3) is 0 Å². The van der Waals surface area contributed by atoms with E-state index in [9.17, 15) is 4.79 Å². The van der Waals surface area contributed by atoms with Gasteiger partial charge in [-0.05, 0) is 30.2 Å². The maximum absolute atomic E-state index is 11.6. The number of benzene rings is 2. The predicted octanol–water partition coefficient (Wildman–Crippen LogP) is 3.59. The van der Waals surface area contributed by atoms with Crippen LogP contribution in [0.3, 0.4) is 0 Å². The summed E-state index contributed by atoms with van der Waals surface area (Å²) >= 11 is 3.47. The lowest BCUT2D eigenvalue weighted by molar-refractivity contribution is -0.149. The number of ether oxygens (including phenoxy) is 1. The van der Waals surface area contributed by atoms with E-state index >= 15 is 0 Å². The maximum atomic E-state index is 11.6. The number of nitrogens with one attached hydrogen (secondary N) is 1. The summed E-state index contributed by atoms with van der Waals surface area (Å²) in [5, 5.41) is 3.48. The summed E-state index contributed by atoms with van der Waals surface area (Å²) in [5.74, 6) is 0. The van der Waals surface area contributed by atoms with Gasteiger partial charge in [0, 0.05) is 11.0 Å². The lowest BCUT2D eigenvalue weighted by Gasteiger charge is -2.42. The molecule has 114 valence electrons. The van der Waals surface area contributed by atoms with Crippen LogP contribution in [0, 0.1) is 0 Å². The molecular formula is C18H18BrNO2. The second-order valence-corrected chi connectivity index (χ2v) is 6.64. The molecule has 0 amide bonds. The van der Waals surface area contributed by atoms with E-state index in [4.69, 9.17) is 4.74 Å². The van der Waals surface area contributed by atoms with Crippen molar-refractivity contribution in [2.24, 2.45) is 0 Å². The summed E-state index contributed by atoms with van der Waals surface area (Å²) < 4.78 is 7.16. The number of morpholine rings is 1. The van der Waals surface area contributed by atoms with E-state index in [1.165, 1.54) is 0 Å². The zero-order valence-corrected chi connectivity index (χ0v) is 13.9. The smallest absolute Gasteiger partial charge is 0.150 e. The Labute approximate surface area is 138 Å². The van der Waals surface area contributed by atoms with Gasteiger partial charge in [-0.25, -0.2) is 0 Å². The van der Waals surface area contributed by atoms with Crippen LogP contribution < -0.4 is 5.32 Å². The quantitative estimate of drug-likeness (QED) is 0.851. The third-order valence-electron chi connectivity index (χ3n) is 4.11. The first-order chi connectivity index (χ1) is 10.6. The number of carbonyl (C=O) groups excluding carboxylic acids is 1. The highest BCUT2D eigenvalue weighted by atomic mass is 79.9. The molecule has 1 saturated heterocycles. The summed E-state index contributed by atoms with van der Waals surface area (Å²) in [6, 6.07) is 17.8. The topological polar surface area (TPSA) is 38.3 Å². The number of hydrogen-bond donors (Lipinski definition) is 1. The van der Waals surface area contributed by atoms with Crippen LogP contribution in [-0.4, -0.2) is 18.9 Å². The predicted molar refractivity (Wildman–Crippen MR) is 89.6 cm³/mol. The Kier molecular flexibility index (Phi) is 4.43. The molecule has 0 spiro atoms. The van der Waals surface area contributed by atoms with Gasteiger partial charge in [0.2, 0.25) is 0 Å². The molecule has 0 aliphatic carbocycles. The van der Waals surface area contributed by atoms with Gasteiger partial charge in [0.25, 0.3) is 0 Å². The van der Waals surface area contributed by atoms with Gasteiger partial charge >= 0.3 is 0 Å². The molecule has 2 aromatic carbocycles. The van der Waals surface area contributed by atoms with Crippen LogP contribution in [0.15, 0.2) is 59.1 Å². The minimum Gasteiger partial charge on any atom is -0.357 e. The molecule has 1 heterocycles. The van der Waals surface area contributed by atoms with Gasteiger partial charge in [0.05, 0.1) is 6.04 Å². The molecule has 22 heavy (non-hydrogen) atoms. The minimum atomic E-state index is -0.520. The van der Waals surface area contributed by atoms with Crippen molar-refractivity contribution >= 4 is 22.2 Å². The molecular weight excluding hydrogens is 342 g/mol. The Morgan fingerprint density at radius 3 is 2.68 bits per heavy atom. The molecule has 3 nitrogen and oxygen atoms in total. The van der Waals surface area contributed by atoms with Gasteiger partial charge in [-0.1, -0.05) is 58.4 Å². The van der Waals surface area contributed by atoms with Gasteiger partial charge in [-0.2, -0.15) is 0 Å². The van der Waals surface area contributed by atoms with E-state index in [0.717, 1.165) is 21.9 Å². The van der Waals surface area contributed by atoms with E-state index in [0.29, 0.717) is 6.54 Å². The molecule has 0 bridgehead atoms. The number of rotatable bonds is 3. The van der Waals surface area contributed by atoms with Crippen molar-refractivity contribution in [1.29, 1.82) is 0 Å². The molecule has 0 saturated carbocycles. The molecule has 1 fully saturated rings. The van der Waals surface area contributed by atoms with Gasteiger partial charge in [0.15, 0.2) is 6.29 Å². The third kappa shape index (κ3) is 3.00. The molecule has 1 aliphatic rings. The van der Waals surface area contributed by atoms with E-state index in [1.807, 2.05) is 61.5 Å².